The third kappa shape index (κ3) is 4.03. The quantitative estimate of drug-likeness (QED) is 0.486. The third-order valence-electron chi connectivity index (χ3n) is 3.98. The third-order valence-corrected chi connectivity index (χ3v) is 3.98. The second-order valence-electron chi connectivity index (χ2n) is 5.78. The predicted molar refractivity (Wildman–Crippen MR) is 96.6 cm³/mol. The number of nitrogens with zero attached hydrogens (tertiary/aromatic N) is 2. The van der Waals surface area contributed by atoms with Crippen molar-refractivity contribution in [3.8, 4) is 16.9 Å². The van der Waals surface area contributed by atoms with E-state index in [0.29, 0.717) is 0 Å². The van der Waals surface area contributed by atoms with Crippen molar-refractivity contribution in [2.75, 3.05) is 12.4 Å². The standard InChI is InChI=1S/C18H13F3N4O4/c1-29-13-8-7-11(9-12(13)25(27)28)17(26)22-16-14(10-5-3-2-4-6-10)15(23-24-16)18(19,20)21/h2-9H,1H3,(H2,22,23,24,26). The van der Waals surface area contributed by atoms with E-state index in [2.05, 4.69) is 10.4 Å². The van der Waals surface area contributed by atoms with Crippen LogP contribution in [0.4, 0.5) is 24.7 Å². The number of ether oxygens (including phenoxy) is 1. The molecule has 3 aromatic rings. The van der Waals surface area contributed by atoms with Gasteiger partial charge in [-0.3, -0.25) is 20.0 Å². The summed E-state index contributed by atoms with van der Waals surface area (Å²) in [5, 5.41) is 18.9. The van der Waals surface area contributed by atoms with E-state index >= 15 is 0 Å². The number of hydrogen-bond acceptors (Lipinski definition) is 5. The number of nitrogens with one attached hydrogen (secondary N) is 2. The average molecular weight is 406 g/mol. The van der Waals surface area contributed by atoms with Crippen molar-refractivity contribution in [1.29, 1.82) is 0 Å². The van der Waals surface area contributed by atoms with Crippen LogP contribution in [-0.2, 0) is 6.18 Å². The number of anilines is 1. The van der Waals surface area contributed by atoms with Crippen LogP contribution in [0.1, 0.15) is 16.1 Å². The Hall–Kier alpha value is -3.89. The second-order valence-corrected chi connectivity index (χ2v) is 5.78. The molecule has 29 heavy (non-hydrogen) atoms. The SMILES string of the molecule is COc1ccc(C(=O)Nc2n[nH]c(C(F)(F)F)c2-c2ccccc2)cc1[N+](=O)[O-]. The minimum absolute atomic E-state index is 0.0596. The van der Waals surface area contributed by atoms with E-state index in [0.717, 1.165) is 6.07 Å². The summed E-state index contributed by atoms with van der Waals surface area (Å²) in [6.07, 6.45) is -4.74. The molecule has 0 spiro atoms. The number of aromatic nitrogens is 2. The smallest absolute Gasteiger partial charge is 0.433 e. The summed E-state index contributed by atoms with van der Waals surface area (Å²) in [4.78, 5) is 22.9. The van der Waals surface area contributed by atoms with Crippen molar-refractivity contribution in [2.24, 2.45) is 0 Å². The molecule has 1 aromatic heterocycles. The molecule has 150 valence electrons. The first-order chi connectivity index (χ1) is 13.7. The number of hydrogen-bond donors (Lipinski definition) is 2. The van der Waals surface area contributed by atoms with Gasteiger partial charge in [0, 0.05) is 11.6 Å². The molecule has 0 saturated heterocycles. The van der Waals surface area contributed by atoms with Gasteiger partial charge in [-0.2, -0.15) is 18.3 Å². The van der Waals surface area contributed by atoms with Crippen LogP contribution in [0.15, 0.2) is 48.5 Å². The number of halogens is 3. The number of carbonyl (C=O) groups excluding carboxylic acids is 1. The van der Waals surface area contributed by atoms with Crippen LogP contribution >= 0.6 is 0 Å². The molecule has 1 amide bonds. The molecule has 2 aromatic carbocycles. The van der Waals surface area contributed by atoms with Gasteiger partial charge >= 0.3 is 11.9 Å². The van der Waals surface area contributed by atoms with Gasteiger partial charge in [-0.15, -0.1) is 0 Å². The largest absolute Gasteiger partial charge is 0.490 e. The highest BCUT2D eigenvalue weighted by atomic mass is 19.4. The lowest BCUT2D eigenvalue weighted by Crippen LogP contribution is -2.14. The van der Waals surface area contributed by atoms with E-state index in [1.807, 2.05) is 5.10 Å². The lowest BCUT2D eigenvalue weighted by Gasteiger charge is -2.10. The number of rotatable bonds is 5. The molecule has 0 unspecified atom stereocenters. The molecule has 1 heterocycles. The van der Waals surface area contributed by atoms with Crippen LogP contribution in [0.25, 0.3) is 11.1 Å². The summed E-state index contributed by atoms with van der Waals surface area (Å²) in [5.74, 6) is -1.28. The fraction of sp³-hybridized carbons (Fsp3) is 0.111. The zero-order chi connectivity index (χ0) is 21.2. The number of nitro benzene ring substituents is 1. The molecular weight excluding hydrogens is 393 g/mol. The molecule has 0 atom stereocenters. The van der Waals surface area contributed by atoms with Gasteiger partial charge in [0.25, 0.3) is 5.91 Å². The van der Waals surface area contributed by atoms with E-state index < -0.39 is 28.4 Å². The number of H-pyrrole nitrogens is 1. The van der Waals surface area contributed by atoms with Crippen LogP contribution in [0.2, 0.25) is 0 Å². The summed E-state index contributed by atoms with van der Waals surface area (Å²) < 4.78 is 44.9. The number of methoxy groups -OCH3 is 1. The van der Waals surface area contributed by atoms with E-state index in [-0.39, 0.29) is 28.3 Å². The fourth-order valence-corrected chi connectivity index (χ4v) is 2.68. The van der Waals surface area contributed by atoms with Gasteiger partial charge in [0.2, 0.25) is 0 Å². The normalized spacial score (nSPS) is 11.2. The van der Waals surface area contributed by atoms with Crippen LogP contribution in [0.5, 0.6) is 5.75 Å². The highest BCUT2D eigenvalue weighted by Gasteiger charge is 2.38. The van der Waals surface area contributed by atoms with Crippen molar-refractivity contribution in [2.45, 2.75) is 6.18 Å². The Morgan fingerprint density at radius 3 is 2.48 bits per heavy atom. The first-order valence-electron chi connectivity index (χ1n) is 8.07. The van der Waals surface area contributed by atoms with Gasteiger partial charge in [0.1, 0.15) is 5.69 Å². The number of aromatic amines is 1. The minimum atomic E-state index is -4.74. The van der Waals surface area contributed by atoms with Crippen molar-refractivity contribution in [3.63, 3.8) is 0 Å². The molecule has 0 fully saturated rings. The van der Waals surface area contributed by atoms with E-state index in [4.69, 9.17) is 4.74 Å². The number of carbonyl (C=O) groups is 1. The Morgan fingerprint density at radius 1 is 1.21 bits per heavy atom. The summed E-state index contributed by atoms with van der Waals surface area (Å²) in [6.45, 7) is 0. The molecule has 3 rings (SSSR count). The number of benzene rings is 2. The molecule has 2 N–H and O–H groups in total. The van der Waals surface area contributed by atoms with Gasteiger partial charge in [-0.25, -0.2) is 0 Å². The topological polar surface area (TPSA) is 110 Å². The number of nitro groups is 1. The average Bonchev–Trinajstić information content (AvgIpc) is 3.12. The second kappa shape index (κ2) is 7.62. The maximum Gasteiger partial charge on any atom is 0.433 e. The Morgan fingerprint density at radius 2 is 1.90 bits per heavy atom. The predicted octanol–water partition coefficient (Wildman–Crippen LogP) is 4.26. The van der Waals surface area contributed by atoms with Gasteiger partial charge in [-0.1, -0.05) is 30.3 Å². The Bertz CT molecular complexity index is 1060. The summed E-state index contributed by atoms with van der Waals surface area (Å²) in [5.41, 5.74) is -1.88. The van der Waals surface area contributed by atoms with Crippen molar-refractivity contribution >= 4 is 17.4 Å². The maximum atomic E-state index is 13.4. The Balaban J connectivity index is 2.01. The highest BCUT2D eigenvalue weighted by molar-refractivity contribution is 6.06. The fourth-order valence-electron chi connectivity index (χ4n) is 2.68. The molecule has 0 radical (unpaired) electrons. The molecule has 11 heteroatoms. The first kappa shape index (κ1) is 19.9. The molecule has 8 nitrogen and oxygen atoms in total. The molecule has 0 bridgehead atoms. The molecule has 0 aliphatic carbocycles. The van der Waals surface area contributed by atoms with Gasteiger partial charge in [0.05, 0.1) is 17.6 Å². The van der Waals surface area contributed by atoms with Crippen molar-refractivity contribution in [1.82, 2.24) is 10.2 Å². The summed E-state index contributed by atoms with van der Waals surface area (Å²) in [6, 6.07) is 11.0. The molecular formula is C18H13F3N4O4. The number of amides is 1. The lowest BCUT2D eigenvalue weighted by atomic mass is 10.0. The van der Waals surface area contributed by atoms with Gasteiger partial charge < -0.3 is 10.1 Å². The monoisotopic (exact) mass is 406 g/mol. The van der Waals surface area contributed by atoms with Gasteiger partial charge in [0.15, 0.2) is 11.6 Å². The Labute approximate surface area is 161 Å². The van der Waals surface area contributed by atoms with E-state index in [1.54, 1.807) is 18.2 Å². The van der Waals surface area contributed by atoms with Crippen LogP contribution in [-0.4, -0.2) is 28.1 Å². The first-order valence-corrected chi connectivity index (χ1v) is 8.07. The maximum absolute atomic E-state index is 13.4. The number of alkyl halides is 3. The van der Waals surface area contributed by atoms with Crippen LogP contribution < -0.4 is 10.1 Å². The zero-order valence-corrected chi connectivity index (χ0v) is 14.8. The zero-order valence-electron chi connectivity index (χ0n) is 14.8. The summed E-state index contributed by atoms with van der Waals surface area (Å²) >= 11 is 0. The van der Waals surface area contributed by atoms with Crippen LogP contribution in [0, 0.1) is 10.1 Å². The summed E-state index contributed by atoms with van der Waals surface area (Å²) in [7, 11) is 1.23. The van der Waals surface area contributed by atoms with E-state index in [9.17, 15) is 28.1 Å². The van der Waals surface area contributed by atoms with Crippen molar-refractivity contribution in [3.05, 3.63) is 69.9 Å². The minimum Gasteiger partial charge on any atom is -0.490 e. The van der Waals surface area contributed by atoms with E-state index in [1.165, 1.54) is 31.4 Å². The Kier molecular flexibility index (Phi) is 5.22. The molecule has 0 saturated carbocycles. The van der Waals surface area contributed by atoms with Gasteiger partial charge in [-0.05, 0) is 17.7 Å². The van der Waals surface area contributed by atoms with Crippen molar-refractivity contribution < 1.29 is 27.6 Å². The lowest BCUT2D eigenvalue weighted by molar-refractivity contribution is -0.385. The highest BCUT2D eigenvalue weighted by Crippen LogP contribution is 2.39. The van der Waals surface area contributed by atoms with Crippen LogP contribution in [0.3, 0.4) is 0 Å². The molecule has 0 aliphatic heterocycles. The molecule has 0 aliphatic rings.